The van der Waals surface area contributed by atoms with E-state index in [0.717, 1.165) is 49.5 Å². The van der Waals surface area contributed by atoms with Gasteiger partial charge in [-0.25, -0.2) is 0 Å². The summed E-state index contributed by atoms with van der Waals surface area (Å²) in [6, 6.07) is 3.99. The fraction of sp³-hybridized carbons (Fsp3) is 0.357. The van der Waals surface area contributed by atoms with Gasteiger partial charge in [-0.1, -0.05) is 6.42 Å². The summed E-state index contributed by atoms with van der Waals surface area (Å²) in [5, 5.41) is 0.839. The molecular weight excluding hydrogens is 405 g/mol. The van der Waals surface area contributed by atoms with Gasteiger partial charge in [-0.2, -0.15) is 0 Å². The zero-order valence-electron chi connectivity index (χ0n) is 9.85. The van der Waals surface area contributed by atoms with Crippen LogP contribution in [0.4, 0.5) is 0 Å². The van der Waals surface area contributed by atoms with E-state index in [1.807, 2.05) is 12.1 Å². The average molecular weight is 418 g/mol. The highest BCUT2D eigenvalue weighted by molar-refractivity contribution is 14.1. The van der Waals surface area contributed by atoms with Crippen molar-refractivity contribution in [2.24, 2.45) is 0 Å². The van der Waals surface area contributed by atoms with Gasteiger partial charge in [0.15, 0.2) is 5.43 Å². The topological polar surface area (TPSA) is 32.9 Å². The monoisotopic (exact) mass is 417 g/mol. The van der Waals surface area contributed by atoms with Crippen LogP contribution in [-0.2, 0) is 12.8 Å². The molecule has 0 atom stereocenters. The molecular formula is C14H13BrINO. The minimum atomic E-state index is 0.228. The third-order valence-corrected chi connectivity index (χ3v) is 5.16. The van der Waals surface area contributed by atoms with Gasteiger partial charge in [0.05, 0.1) is 10.9 Å². The normalized spacial score (nSPS) is 15.4. The second-order valence-corrected chi connectivity index (χ2v) is 6.77. The number of nitrogens with one attached hydrogen (secondary N) is 1. The van der Waals surface area contributed by atoms with Gasteiger partial charge < -0.3 is 4.98 Å². The van der Waals surface area contributed by atoms with Crippen LogP contribution >= 0.6 is 38.5 Å². The van der Waals surface area contributed by atoms with Crippen molar-refractivity contribution in [2.45, 2.75) is 32.1 Å². The molecule has 0 spiro atoms. The molecule has 1 aliphatic rings. The zero-order chi connectivity index (χ0) is 12.7. The van der Waals surface area contributed by atoms with Gasteiger partial charge in [-0.3, -0.25) is 4.79 Å². The largest absolute Gasteiger partial charge is 0.357 e. The van der Waals surface area contributed by atoms with Crippen LogP contribution in [0.3, 0.4) is 0 Å². The quantitative estimate of drug-likeness (QED) is 0.506. The minimum Gasteiger partial charge on any atom is -0.357 e. The fourth-order valence-corrected chi connectivity index (χ4v) is 3.79. The van der Waals surface area contributed by atoms with Crippen molar-refractivity contribution >= 4 is 49.4 Å². The summed E-state index contributed by atoms with van der Waals surface area (Å²) in [6.45, 7) is 0. The molecule has 18 heavy (non-hydrogen) atoms. The van der Waals surface area contributed by atoms with E-state index in [2.05, 4.69) is 43.5 Å². The molecule has 1 heterocycles. The van der Waals surface area contributed by atoms with E-state index in [1.54, 1.807) is 0 Å². The van der Waals surface area contributed by atoms with Crippen LogP contribution in [0.5, 0.6) is 0 Å². The lowest BCUT2D eigenvalue weighted by atomic mass is 10.0. The number of halogens is 2. The Morgan fingerprint density at radius 3 is 2.78 bits per heavy atom. The second kappa shape index (κ2) is 4.96. The van der Waals surface area contributed by atoms with Gasteiger partial charge in [0.2, 0.25) is 0 Å². The Bertz CT molecular complexity index is 678. The predicted molar refractivity (Wildman–Crippen MR) is 86.2 cm³/mol. The molecule has 0 saturated carbocycles. The van der Waals surface area contributed by atoms with Gasteiger partial charge in [-0.15, -0.1) is 0 Å². The second-order valence-electron chi connectivity index (χ2n) is 4.75. The summed E-state index contributed by atoms with van der Waals surface area (Å²) in [5.41, 5.74) is 3.34. The van der Waals surface area contributed by atoms with Crippen LogP contribution in [0.1, 0.15) is 30.5 Å². The summed E-state index contributed by atoms with van der Waals surface area (Å²) >= 11 is 5.78. The first-order chi connectivity index (χ1) is 8.68. The van der Waals surface area contributed by atoms with E-state index in [0.29, 0.717) is 0 Å². The van der Waals surface area contributed by atoms with Crippen LogP contribution < -0.4 is 5.43 Å². The van der Waals surface area contributed by atoms with E-state index in [4.69, 9.17) is 0 Å². The number of hydrogen-bond acceptors (Lipinski definition) is 1. The Kier molecular flexibility index (Phi) is 3.49. The molecule has 0 bridgehead atoms. The molecule has 1 aromatic heterocycles. The first kappa shape index (κ1) is 12.7. The van der Waals surface area contributed by atoms with Gasteiger partial charge in [0.25, 0.3) is 0 Å². The summed E-state index contributed by atoms with van der Waals surface area (Å²) in [6.07, 6.45) is 5.44. The minimum absolute atomic E-state index is 0.228. The molecule has 2 nitrogen and oxygen atoms in total. The Morgan fingerprint density at radius 2 is 1.94 bits per heavy atom. The van der Waals surface area contributed by atoms with E-state index < -0.39 is 0 Å². The van der Waals surface area contributed by atoms with Gasteiger partial charge in [0.1, 0.15) is 0 Å². The third kappa shape index (κ3) is 2.03. The maximum Gasteiger partial charge on any atom is 0.193 e. The molecule has 0 saturated heterocycles. The van der Waals surface area contributed by atoms with Gasteiger partial charge >= 0.3 is 0 Å². The molecule has 0 aliphatic heterocycles. The van der Waals surface area contributed by atoms with Crippen LogP contribution in [0.25, 0.3) is 10.9 Å². The number of fused-ring (bicyclic) bond motifs is 2. The molecule has 94 valence electrons. The lowest BCUT2D eigenvalue weighted by molar-refractivity contribution is 0.708. The molecule has 0 unspecified atom stereocenters. The molecule has 4 heteroatoms. The van der Waals surface area contributed by atoms with Crippen LogP contribution in [-0.4, -0.2) is 4.98 Å². The first-order valence-corrected chi connectivity index (χ1v) is 8.07. The number of hydrogen-bond donors (Lipinski definition) is 1. The van der Waals surface area contributed by atoms with E-state index in [1.165, 1.54) is 12.8 Å². The predicted octanol–water partition coefficient (Wildman–Crippen LogP) is 4.16. The van der Waals surface area contributed by atoms with Crippen molar-refractivity contribution in [3.63, 3.8) is 0 Å². The van der Waals surface area contributed by atoms with Crippen molar-refractivity contribution in [3.8, 4) is 0 Å². The van der Waals surface area contributed by atoms with Crippen molar-refractivity contribution in [3.05, 3.63) is 41.7 Å². The van der Waals surface area contributed by atoms with Crippen LogP contribution in [0.15, 0.2) is 21.4 Å². The SMILES string of the molecule is O=c1c2c([nH]c3c(Br)ccc(I)c13)CCCCC2. The molecule has 0 radical (unpaired) electrons. The van der Waals surface area contributed by atoms with E-state index >= 15 is 0 Å². The summed E-state index contributed by atoms with van der Waals surface area (Å²) < 4.78 is 2.00. The van der Waals surface area contributed by atoms with Gasteiger partial charge in [0, 0.05) is 19.3 Å². The molecule has 1 N–H and O–H groups in total. The number of benzene rings is 1. The fourth-order valence-electron chi connectivity index (χ4n) is 2.67. The Morgan fingerprint density at radius 1 is 1.17 bits per heavy atom. The highest BCUT2D eigenvalue weighted by atomic mass is 127. The third-order valence-electron chi connectivity index (χ3n) is 3.60. The number of H-pyrrole nitrogens is 1. The Hall–Kier alpha value is -0.360. The Balaban J connectivity index is 2.42. The highest BCUT2D eigenvalue weighted by Gasteiger charge is 2.17. The molecule has 3 rings (SSSR count). The maximum atomic E-state index is 12.7. The number of aryl methyl sites for hydroxylation is 1. The summed E-state index contributed by atoms with van der Waals surface area (Å²) in [5.74, 6) is 0. The smallest absolute Gasteiger partial charge is 0.193 e. The maximum absolute atomic E-state index is 12.7. The summed E-state index contributed by atoms with van der Waals surface area (Å²) in [4.78, 5) is 16.1. The number of pyridine rings is 1. The number of rotatable bonds is 0. The van der Waals surface area contributed by atoms with Crippen molar-refractivity contribution < 1.29 is 0 Å². The first-order valence-electron chi connectivity index (χ1n) is 6.20. The molecule has 0 fully saturated rings. The van der Waals surface area contributed by atoms with Gasteiger partial charge in [-0.05, 0) is 76.3 Å². The molecule has 1 aromatic carbocycles. The van der Waals surface area contributed by atoms with Crippen molar-refractivity contribution in [1.29, 1.82) is 0 Å². The lowest BCUT2D eigenvalue weighted by Crippen LogP contribution is -2.15. The molecule has 1 aliphatic carbocycles. The van der Waals surface area contributed by atoms with Crippen LogP contribution in [0.2, 0.25) is 0 Å². The average Bonchev–Trinajstić information content (AvgIpc) is 2.59. The van der Waals surface area contributed by atoms with Crippen LogP contribution in [0, 0.1) is 3.57 Å². The highest BCUT2D eigenvalue weighted by Crippen LogP contribution is 2.27. The van der Waals surface area contributed by atoms with E-state index in [9.17, 15) is 4.79 Å². The standard InChI is InChI=1S/C14H13BrINO/c15-9-6-7-10(16)12-13(9)17-11-5-3-1-2-4-8(11)14(12)18/h6-7H,1-5H2,(H,17,18). The number of aromatic nitrogens is 1. The summed E-state index contributed by atoms with van der Waals surface area (Å²) in [7, 11) is 0. The van der Waals surface area contributed by atoms with Crippen molar-refractivity contribution in [1.82, 2.24) is 4.98 Å². The molecule has 2 aromatic rings. The van der Waals surface area contributed by atoms with E-state index in [-0.39, 0.29) is 5.43 Å². The zero-order valence-corrected chi connectivity index (χ0v) is 13.6. The number of aromatic amines is 1. The lowest BCUT2D eigenvalue weighted by Gasteiger charge is -2.10. The Labute approximate surface area is 127 Å². The van der Waals surface area contributed by atoms with Crippen molar-refractivity contribution in [2.75, 3.05) is 0 Å². The molecule has 0 amide bonds.